The Morgan fingerprint density at radius 2 is 1.95 bits per heavy atom. The normalized spacial score (nSPS) is 11.7. The van der Waals surface area contributed by atoms with Gasteiger partial charge in [0.1, 0.15) is 0 Å². The van der Waals surface area contributed by atoms with Crippen LogP contribution in [0.2, 0.25) is 10.0 Å². The zero-order chi connectivity index (χ0) is 14.4. The van der Waals surface area contributed by atoms with Gasteiger partial charge in [-0.15, -0.1) is 0 Å². The molecular formula is C15H15Cl2NO. The Labute approximate surface area is 123 Å². The summed E-state index contributed by atoms with van der Waals surface area (Å²) in [6.45, 7) is 7.67. The molecule has 0 spiro atoms. The first kappa shape index (κ1) is 15.5. The van der Waals surface area contributed by atoms with Crippen molar-refractivity contribution in [3.63, 3.8) is 0 Å². The summed E-state index contributed by atoms with van der Waals surface area (Å²) in [7, 11) is 0. The zero-order valence-electron chi connectivity index (χ0n) is 10.8. The van der Waals surface area contributed by atoms with Crippen LogP contribution in [0.3, 0.4) is 0 Å². The van der Waals surface area contributed by atoms with Crippen LogP contribution in [0.15, 0.2) is 54.3 Å². The first-order valence-corrected chi connectivity index (χ1v) is 6.46. The summed E-state index contributed by atoms with van der Waals surface area (Å²) in [6, 6.07) is 4.71. The fourth-order valence-corrected chi connectivity index (χ4v) is 1.52. The fraction of sp³-hybridized carbons (Fsp3) is 0.133. The van der Waals surface area contributed by atoms with Crippen LogP contribution in [0.4, 0.5) is 0 Å². The molecule has 0 heterocycles. The molecule has 100 valence electrons. The van der Waals surface area contributed by atoms with Crippen LogP contribution < -0.4 is 5.32 Å². The molecule has 0 aliphatic carbocycles. The minimum Gasteiger partial charge on any atom is -0.323 e. The minimum absolute atomic E-state index is 0.272. The quantitative estimate of drug-likeness (QED) is 0.797. The third kappa shape index (κ3) is 4.93. The van der Waals surface area contributed by atoms with Gasteiger partial charge < -0.3 is 5.32 Å². The lowest BCUT2D eigenvalue weighted by Crippen LogP contribution is -2.21. The van der Waals surface area contributed by atoms with E-state index in [1.807, 2.05) is 26.0 Å². The molecule has 0 fully saturated rings. The summed E-state index contributed by atoms with van der Waals surface area (Å²) < 4.78 is 0. The van der Waals surface area contributed by atoms with Crippen molar-refractivity contribution < 1.29 is 4.79 Å². The van der Waals surface area contributed by atoms with Gasteiger partial charge in [0.2, 0.25) is 0 Å². The van der Waals surface area contributed by atoms with E-state index in [1.54, 1.807) is 18.2 Å². The molecule has 1 aromatic carbocycles. The number of carbonyl (C=O) groups is 1. The van der Waals surface area contributed by atoms with Crippen molar-refractivity contribution in [2.24, 2.45) is 0 Å². The van der Waals surface area contributed by atoms with E-state index in [0.29, 0.717) is 21.3 Å². The molecule has 0 bridgehead atoms. The van der Waals surface area contributed by atoms with Gasteiger partial charge in [0, 0.05) is 11.3 Å². The van der Waals surface area contributed by atoms with Crippen LogP contribution >= 0.6 is 23.2 Å². The molecule has 0 aromatic heterocycles. The number of halogens is 2. The molecule has 4 heteroatoms. The largest absolute Gasteiger partial charge is 0.323 e. The van der Waals surface area contributed by atoms with E-state index in [4.69, 9.17) is 23.2 Å². The zero-order valence-corrected chi connectivity index (χ0v) is 12.3. The summed E-state index contributed by atoms with van der Waals surface area (Å²) >= 11 is 11.7. The lowest BCUT2D eigenvalue weighted by molar-refractivity contribution is 0.0967. The first-order valence-electron chi connectivity index (χ1n) is 5.70. The number of hydrogen-bond acceptors (Lipinski definition) is 1. The highest BCUT2D eigenvalue weighted by Gasteiger charge is 2.07. The smallest absolute Gasteiger partial charge is 0.255 e. The highest BCUT2D eigenvalue weighted by Crippen LogP contribution is 2.22. The van der Waals surface area contributed by atoms with E-state index in [1.165, 1.54) is 6.07 Å². The monoisotopic (exact) mass is 295 g/mol. The summed E-state index contributed by atoms with van der Waals surface area (Å²) in [4.78, 5) is 11.9. The standard InChI is InChI=1S/C15H15Cl2NO/c1-4-10(2)5-6-11(3)18-15(19)12-7-8-13(16)14(17)9-12/h4-9H,3H2,1-2H3,(H,18,19)/b6-5-,10-4-. The number of nitrogens with one attached hydrogen (secondary N) is 1. The maximum absolute atomic E-state index is 11.9. The number of allylic oxidation sites excluding steroid dienone is 4. The second kappa shape index (κ2) is 7.17. The summed E-state index contributed by atoms with van der Waals surface area (Å²) in [5, 5.41) is 3.44. The summed E-state index contributed by atoms with van der Waals surface area (Å²) in [6.07, 6.45) is 5.58. The van der Waals surface area contributed by atoms with Crippen molar-refractivity contribution in [3.8, 4) is 0 Å². The number of hydrogen-bond donors (Lipinski definition) is 1. The van der Waals surface area contributed by atoms with Gasteiger partial charge in [0.15, 0.2) is 0 Å². The van der Waals surface area contributed by atoms with Crippen molar-refractivity contribution in [1.82, 2.24) is 5.32 Å². The van der Waals surface area contributed by atoms with E-state index < -0.39 is 0 Å². The maximum Gasteiger partial charge on any atom is 0.255 e. The molecule has 2 nitrogen and oxygen atoms in total. The predicted octanol–water partition coefficient (Wildman–Crippen LogP) is 4.76. The van der Waals surface area contributed by atoms with Gasteiger partial charge in [-0.1, -0.05) is 47.5 Å². The van der Waals surface area contributed by atoms with Crippen molar-refractivity contribution in [1.29, 1.82) is 0 Å². The Hall–Kier alpha value is -1.51. The topological polar surface area (TPSA) is 29.1 Å². The molecule has 0 saturated heterocycles. The molecule has 0 unspecified atom stereocenters. The number of rotatable bonds is 4. The van der Waals surface area contributed by atoms with Crippen LogP contribution in [-0.2, 0) is 0 Å². The van der Waals surface area contributed by atoms with E-state index in [0.717, 1.165) is 5.57 Å². The van der Waals surface area contributed by atoms with Crippen molar-refractivity contribution >= 4 is 29.1 Å². The minimum atomic E-state index is -0.272. The lowest BCUT2D eigenvalue weighted by atomic mass is 10.2. The first-order chi connectivity index (χ1) is 8.93. The van der Waals surface area contributed by atoms with Crippen molar-refractivity contribution in [3.05, 3.63) is 69.9 Å². The Balaban J connectivity index is 2.72. The average Bonchev–Trinajstić information content (AvgIpc) is 2.38. The van der Waals surface area contributed by atoms with Gasteiger partial charge in [-0.25, -0.2) is 0 Å². The molecule has 1 aromatic rings. The van der Waals surface area contributed by atoms with Crippen molar-refractivity contribution in [2.45, 2.75) is 13.8 Å². The lowest BCUT2D eigenvalue weighted by Gasteiger charge is -2.05. The van der Waals surface area contributed by atoms with Crippen LogP contribution in [0, 0.1) is 0 Å². The van der Waals surface area contributed by atoms with Crippen LogP contribution in [0.5, 0.6) is 0 Å². The molecule has 1 rings (SSSR count). The fourth-order valence-electron chi connectivity index (χ4n) is 1.23. The van der Waals surface area contributed by atoms with Gasteiger partial charge in [-0.2, -0.15) is 0 Å². The predicted molar refractivity (Wildman–Crippen MR) is 81.6 cm³/mol. The number of amides is 1. The van der Waals surface area contributed by atoms with Gasteiger partial charge >= 0.3 is 0 Å². The van der Waals surface area contributed by atoms with Crippen LogP contribution in [-0.4, -0.2) is 5.91 Å². The highest BCUT2D eigenvalue weighted by atomic mass is 35.5. The van der Waals surface area contributed by atoms with E-state index >= 15 is 0 Å². The number of carbonyl (C=O) groups excluding carboxylic acids is 1. The maximum atomic E-state index is 11.9. The second-order valence-corrected chi connectivity index (χ2v) is 4.79. The molecular weight excluding hydrogens is 281 g/mol. The Morgan fingerprint density at radius 3 is 2.53 bits per heavy atom. The van der Waals surface area contributed by atoms with Crippen LogP contribution in [0.25, 0.3) is 0 Å². The molecule has 0 atom stereocenters. The molecule has 0 aliphatic rings. The van der Waals surface area contributed by atoms with Crippen molar-refractivity contribution in [2.75, 3.05) is 0 Å². The van der Waals surface area contributed by atoms with Gasteiger partial charge in [-0.05, 0) is 38.1 Å². The van der Waals surface area contributed by atoms with Gasteiger partial charge in [-0.3, -0.25) is 4.79 Å². The Bertz CT molecular complexity index is 559. The Kier molecular flexibility index (Phi) is 5.87. The highest BCUT2D eigenvalue weighted by molar-refractivity contribution is 6.42. The Morgan fingerprint density at radius 1 is 1.26 bits per heavy atom. The number of benzene rings is 1. The average molecular weight is 296 g/mol. The van der Waals surface area contributed by atoms with Gasteiger partial charge in [0.25, 0.3) is 5.91 Å². The third-order valence-corrected chi connectivity index (χ3v) is 3.20. The van der Waals surface area contributed by atoms with E-state index in [9.17, 15) is 4.79 Å². The molecule has 0 radical (unpaired) electrons. The molecule has 1 amide bonds. The molecule has 0 saturated carbocycles. The van der Waals surface area contributed by atoms with E-state index in [2.05, 4.69) is 11.9 Å². The summed E-state index contributed by atoms with van der Waals surface area (Å²) in [5.41, 5.74) is 2.04. The SMILES string of the molecule is C=C(/C=C\C(C)=C/C)NC(=O)c1ccc(Cl)c(Cl)c1. The second-order valence-electron chi connectivity index (χ2n) is 3.97. The van der Waals surface area contributed by atoms with Gasteiger partial charge in [0.05, 0.1) is 10.0 Å². The van der Waals surface area contributed by atoms with Crippen LogP contribution in [0.1, 0.15) is 24.2 Å². The third-order valence-electron chi connectivity index (χ3n) is 2.46. The molecule has 0 aliphatic heterocycles. The molecule has 1 N–H and O–H groups in total. The van der Waals surface area contributed by atoms with E-state index in [-0.39, 0.29) is 5.91 Å². The molecule has 19 heavy (non-hydrogen) atoms. The summed E-state index contributed by atoms with van der Waals surface area (Å²) in [5.74, 6) is -0.272.